The molecule has 0 saturated carbocycles. The minimum absolute atomic E-state index is 0.671. The summed E-state index contributed by atoms with van der Waals surface area (Å²) in [4.78, 5) is 15.6. The number of aromatic nitrogens is 2. The molecule has 0 spiro atoms. The predicted octanol–water partition coefficient (Wildman–Crippen LogP) is 3.89. The maximum Gasteiger partial charge on any atom is 0.328 e. The van der Waals surface area contributed by atoms with Gasteiger partial charge in [0.1, 0.15) is 5.65 Å². The van der Waals surface area contributed by atoms with Crippen LogP contribution < -0.4 is 0 Å². The molecule has 0 fully saturated rings. The first kappa shape index (κ1) is 16.0. The van der Waals surface area contributed by atoms with Crippen molar-refractivity contribution >= 4 is 17.7 Å². The molecule has 1 aromatic carbocycles. The van der Waals surface area contributed by atoms with Crippen molar-refractivity contribution in [2.45, 2.75) is 26.7 Å². The number of carbonyl (C=O) groups is 1. The van der Waals surface area contributed by atoms with E-state index in [0.717, 1.165) is 40.7 Å². The molecule has 3 rings (SSSR count). The predicted molar refractivity (Wildman–Crippen MR) is 95.2 cm³/mol. The number of imidazole rings is 1. The van der Waals surface area contributed by atoms with Crippen molar-refractivity contribution in [3.05, 3.63) is 76.7 Å². The van der Waals surface area contributed by atoms with Crippen LogP contribution in [0.15, 0.2) is 48.7 Å². The normalized spacial score (nSPS) is 11.4. The number of fused-ring (bicyclic) bond motifs is 1. The van der Waals surface area contributed by atoms with Crippen molar-refractivity contribution in [3.8, 4) is 0 Å². The SMILES string of the molecule is CCc1ccc(Cc2nc3cc(C)ccn3c2/C=C/C(=O)O)cc1. The Labute approximate surface area is 141 Å². The summed E-state index contributed by atoms with van der Waals surface area (Å²) >= 11 is 0. The van der Waals surface area contributed by atoms with E-state index in [4.69, 9.17) is 10.1 Å². The summed E-state index contributed by atoms with van der Waals surface area (Å²) in [6.07, 6.45) is 6.40. The first-order valence-corrected chi connectivity index (χ1v) is 8.03. The van der Waals surface area contributed by atoms with Crippen LogP contribution in [0.1, 0.15) is 35.0 Å². The van der Waals surface area contributed by atoms with Gasteiger partial charge >= 0.3 is 5.97 Å². The van der Waals surface area contributed by atoms with Crippen LogP contribution in [0, 0.1) is 6.92 Å². The minimum atomic E-state index is -0.963. The second-order valence-electron chi connectivity index (χ2n) is 5.89. The maximum absolute atomic E-state index is 10.9. The molecule has 0 radical (unpaired) electrons. The molecule has 2 heterocycles. The van der Waals surface area contributed by atoms with Gasteiger partial charge in [-0.15, -0.1) is 0 Å². The Morgan fingerprint density at radius 3 is 2.58 bits per heavy atom. The molecule has 122 valence electrons. The summed E-state index contributed by atoms with van der Waals surface area (Å²) in [6.45, 7) is 4.15. The number of pyridine rings is 1. The third-order valence-corrected chi connectivity index (χ3v) is 4.08. The number of nitrogens with zero attached hydrogens (tertiary/aromatic N) is 2. The average Bonchev–Trinajstić information content (AvgIpc) is 2.89. The molecule has 0 amide bonds. The Bertz CT molecular complexity index is 905. The standard InChI is InChI=1S/C20H20N2O2/c1-3-15-4-6-16(7-5-15)13-17-18(8-9-20(23)24)22-11-10-14(2)12-19(22)21-17/h4-12H,3,13H2,1-2H3,(H,23,24)/b9-8+. The molecule has 0 bridgehead atoms. The zero-order valence-electron chi connectivity index (χ0n) is 13.9. The average molecular weight is 320 g/mol. The zero-order valence-corrected chi connectivity index (χ0v) is 13.9. The van der Waals surface area contributed by atoms with Crippen molar-refractivity contribution in [1.82, 2.24) is 9.38 Å². The van der Waals surface area contributed by atoms with E-state index in [1.54, 1.807) is 6.08 Å². The summed E-state index contributed by atoms with van der Waals surface area (Å²) < 4.78 is 1.93. The smallest absolute Gasteiger partial charge is 0.328 e. The van der Waals surface area contributed by atoms with E-state index in [0.29, 0.717) is 6.42 Å². The number of rotatable bonds is 5. The number of hydrogen-bond donors (Lipinski definition) is 1. The highest BCUT2D eigenvalue weighted by molar-refractivity contribution is 5.85. The van der Waals surface area contributed by atoms with Gasteiger partial charge in [-0.3, -0.25) is 4.40 Å². The van der Waals surface area contributed by atoms with E-state index in [2.05, 4.69) is 31.2 Å². The summed E-state index contributed by atoms with van der Waals surface area (Å²) in [5.74, 6) is -0.963. The summed E-state index contributed by atoms with van der Waals surface area (Å²) in [6, 6.07) is 12.5. The minimum Gasteiger partial charge on any atom is -0.478 e. The summed E-state index contributed by atoms with van der Waals surface area (Å²) in [7, 11) is 0. The van der Waals surface area contributed by atoms with Gasteiger partial charge in [0.25, 0.3) is 0 Å². The fraction of sp³-hybridized carbons (Fsp3) is 0.200. The van der Waals surface area contributed by atoms with Crippen LogP contribution >= 0.6 is 0 Å². The van der Waals surface area contributed by atoms with Crippen molar-refractivity contribution in [1.29, 1.82) is 0 Å². The Hall–Kier alpha value is -2.88. The summed E-state index contributed by atoms with van der Waals surface area (Å²) in [5, 5.41) is 8.95. The number of aryl methyl sites for hydroxylation is 2. The van der Waals surface area contributed by atoms with E-state index < -0.39 is 5.97 Å². The molecule has 0 saturated heterocycles. The van der Waals surface area contributed by atoms with Crippen LogP contribution in [0.25, 0.3) is 11.7 Å². The molecule has 0 aliphatic carbocycles. The van der Waals surface area contributed by atoms with Gasteiger partial charge < -0.3 is 5.11 Å². The number of benzene rings is 1. The number of carboxylic acid groups (broad SMARTS) is 1. The number of carboxylic acids is 1. The molecule has 3 aromatic rings. The van der Waals surface area contributed by atoms with Gasteiger partial charge in [-0.1, -0.05) is 31.2 Å². The van der Waals surface area contributed by atoms with Gasteiger partial charge in [0.15, 0.2) is 0 Å². The van der Waals surface area contributed by atoms with Crippen LogP contribution in [0.2, 0.25) is 0 Å². The van der Waals surface area contributed by atoms with E-state index in [1.807, 2.05) is 29.7 Å². The Morgan fingerprint density at radius 2 is 1.92 bits per heavy atom. The van der Waals surface area contributed by atoms with Crippen molar-refractivity contribution in [3.63, 3.8) is 0 Å². The topological polar surface area (TPSA) is 54.6 Å². The van der Waals surface area contributed by atoms with Gasteiger partial charge in [0, 0.05) is 18.7 Å². The third-order valence-electron chi connectivity index (χ3n) is 4.08. The van der Waals surface area contributed by atoms with Gasteiger partial charge in [0.05, 0.1) is 11.4 Å². The second-order valence-corrected chi connectivity index (χ2v) is 5.89. The fourth-order valence-electron chi connectivity index (χ4n) is 2.76. The third kappa shape index (κ3) is 3.38. The molecule has 0 unspecified atom stereocenters. The van der Waals surface area contributed by atoms with Crippen molar-refractivity contribution < 1.29 is 9.90 Å². The molecule has 4 nitrogen and oxygen atoms in total. The molecule has 0 aliphatic rings. The Kier molecular flexibility index (Phi) is 4.47. The number of hydrogen-bond acceptors (Lipinski definition) is 2. The lowest BCUT2D eigenvalue weighted by Crippen LogP contribution is -1.95. The molecular weight excluding hydrogens is 300 g/mol. The van der Waals surface area contributed by atoms with Crippen molar-refractivity contribution in [2.24, 2.45) is 0 Å². The highest BCUT2D eigenvalue weighted by Gasteiger charge is 2.11. The second kappa shape index (κ2) is 6.71. The lowest BCUT2D eigenvalue weighted by molar-refractivity contribution is -0.131. The van der Waals surface area contributed by atoms with E-state index in [-0.39, 0.29) is 0 Å². The van der Waals surface area contributed by atoms with Crippen LogP contribution in [-0.4, -0.2) is 20.5 Å². The quantitative estimate of drug-likeness (QED) is 0.726. The van der Waals surface area contributed by atoms with Gasteiger partial charge in [-0.05, 0) is 48.2 Å². The molecule has 0 aliphatic heterocycles. The fourth-order valence-corrected chi connectivity index (χ4v) is 2.76. The molecule has 4 heteroatoms. The van der Waals surface area contributed by atoms with Crippen LogP contribution in [0.4, 0.5) is 0 Å². The van der Waals surface area contributed by atoms with Crippen molar-refractivity contribution in [2.75, 3.05) is 0 Å². The monoisotopic (exact) mass is 320 g/mol. The Morgan fingerprint density at radius 1 is 1.21 bits per heavy atom. The first-order valence-electron chi connectivity index (χ1n) is 8.03. The van der Waals surface area contributed by atoms with E-state index in [9.17, 15) is 4.79 Å². The van der Waals surface area contributed by atoms with Gasteiger partial charge in [0.2, 0.25) is 0 Å². The molecule has 2 aromatic heterocycles. The highest BCUT2D eigenvalue weighted by atomic mass is 16.4. The van der Waals surface area contributed by atoms with Gasteiger partial charge in [-0.2, -0.15) is 0 Å². The first-order chi connectivity index (χ1) is 11.6. The molecule has 24 heavy (non-hydrogen) atoms. The largest absolute Gasteiger partial charge is 0.478 e. The van der Waals surface area contributed by atoms with E-state index in [1.165, 1.54) is 5.56 Å². The summed E-state index contributed by atoms with van der Waals surface area (Å²) in [5.41, 5.74) is 6.11. The van der Waals surface area contributed by atoms with Crippen LogP contribution in [0.5, 0.6) is 0 Å². The highest BCUT2D eigenvalue weighted by Crippen LogP contribution is 2.19. The molecule has 0 atom stereocenters. The van der Waals surface area contributed by atoms with Gasteiger partial charge in [-0.25, -0.2) is 9.78 Å². The zero-order chi connectivity index (χ0) is 17.1. The van der Waals surface area contributed by atoms with Crippen LogP contribution in [-0.2, 0) is 17.6 Å². The molecule has 1 N–H and O–H groups in total. The van der Waals surface area contributed by atoms with Crippen LogP contribution in [0.3, 0.4) is 0 Å². The molecular formula is C20H20N2O2. The Balaban J connectivity index is 2.04. The number of aliphatic carboxylic acids is 1. The maximum atomic E-state index is 10.9. The lowest BCUT2D eigenvalue weighted by Gasteiger charge is -2.03. The van der Waals surface area contributed by atoms with E-state index >= 15 is 0 Å². The lowest BCUT2D eigenvalue weighted by atomic mass is 10.1.